The molecule has 0 N–H and O–H groups in total. The van der Waals surface area contributed by atoms with E-state index in [-0.39, 0.29) is 0 Å². The second kappa shape index (κ2) is 10.8. The Morgan fingerprint density at radius 3 is 2.34 bits per heavy atom. The lowest BCUT2D eigenvalue weighted by Crippen LogP contribution is -2.46. The van der Waals surface area contributed by atoms with Crippen molar-refractivity contribution in [1.29, 1.82) is 0 Å². The highest BCUT2D eigenvalue weighted by atomic mass is 35.5. The van der Waals surface area contributed by atoms with Crippen molar-refractivity contribution in [2.45, 2.75) is 26.5 Å². The Morgan fingerprint density at radius 1 is 0.868 bits per heavy atom. The van der Waals surface area contributed by atoms with Gasteiger partial charge in [-0.05, 0) is 75.4 Å². The summed E-state index contributed by atoms with van der Waals surface area (Å²) in [5.74, 6) is 0.164. The summed E-state index contributed by atoms with van der Waals surface area (Å²) in [6.45, 7) is 8.33. The first kappa shape index (κ1) is 25.6. The highest BCUT2D eigenvalue weighted by Gasteiger charge is 2.55. The van der Waals surface area contributed by atoms with Crippen LogP contribution in [0.4, 0.5) is 17.1 Å². The Bertz CT molecular complexity index is 1440. The number of cyclic esters (lactones) is 1. The van der Waals surface area contributed by atoms with Crippen molar-refractivity contribution in [2.75, 3.05) is 29.5 Å². The van der Waals surface area contributed by atoms with Crippen LogP contribution in [0.1, 0.15) is 42.4 Å². The Kier molecular flexibility index (Phi) is 7.25. The molecule has 0 bridgehead atoms. The SMILES string of the molecule is CCOc1cc(N(CC)CC)ccc1C1(N(c2ccccc2)c2cccc(Cl)c2)OC(=O)c2cccnc21. The first-order valence-corrected chi connectivity index (χ1v) is 13.2. The zero-order valence-electron chi connectivity index (χ0n) is 21.7. The number of anilines is 3. The maximum atomic E-state index is 13.5. The molecule has 2 heterocycles. The number of esters is 1. The van der Waals surface area contributed by atoms with Gasteiger partial charge in [0.15, 0.2) is 0 Å². The molecule has 5 rings (SSSR count). The Hall–Kier alpha value is -4.03. The van der Waals surface area contributed by atoms with Crippen LogP contribution in [0.3, 0.4) is 0 Å². The minimum atomic E-state index is -1.45. The molecule has 6 nitrogen and oxygen atoms in total. The van der Waals surface area contributed by atoms with E-state index < -0.39 is 11.7 Å². The molecular formula is C31H30ClN3O3. The van der Waals surface area contributed by atoms with Gasteiger partial charge in [-0.2, -0.15) is 0 Å². The lowest BCUT2D eigenvalue weighted by molar-refractivity contribution is 0.0113. The summed E-state index contributed by atoms with van der Waals surface area (Å²) in [5.41, 5.74) is 2.69. The van der Waals surface area contributed by atoms with E-state index in [0.29, 0.717) is 34.2 Å². The average Bonchev–Trinajstić information content (AvgIpc) is 3.23. The smallest absolute Gasteiger partial charge is 0.342 e. The minimum absolute atomic E-state index is 0.408. The van der Waals surface area contributed by atoms with E-state index in [2.05, 4.69) is 18.7 Å². The number of para-hydroxylation sites is 1. The number of aromatic nitrogens is 1. The van der Waals surface area contributed by atoms with Gasteiger partial charge in [0.1, 0.15) is 11.4 Å². The fourth-order valence-corrected chi connectivity index (χ4v) is 5.27. The van der Waals surface area contributed by atoms with Gasteiger partial charge in [0.2, 0.25) is 0 Å². The van der Waals surface area contributed by atoms with Gasteiger partial charge in [0, 0.05) is 47.4 Å². The summed E-state index contributed by atoms with van der Waals surface area (Å²) in [5, 5.41) is 0.561. The molecule has 38 heavy (non-hydrogen) atoms. The van der Waals surface area contributed by atoms with Crippen LogP contribution in [0, 0.1) is 0 Å². The van der Waals surface area contributed by atoms with Gasteiger partial charge in [-0.25, -0.2) is 4.79 Å². The number of nitrogens with zero attached hydrogens (tertiary/aromatic N) is 3. The number of ether oxygens (including phenoxy) is 2. The molecule has 0 spiro atoms. The quantitative estimate of drug-likeness (QED) is 0.215. The molecule has 7 heteroatoms. The van der Waals surface area contributed by atoms with Crippen LogP contribution in [0.2, 0.25) is 5.02 Å². The lowest BCUT2D eigenvalue weighted by Gasteiger charge is -2.42. The van der Waals surface area contributed by atoms with E-state index in [0.717, 1.165) is 30.2 Å². The Labute approximate surface area is 228 Å². The first-order chi connectivity index (χ1) is 18.5. The van der Waals surface area contributed by atoms with E-state index in [9.17, 15) is 4.79 Å². The van der Waals surface area contributed by atoms with Crippen molar-refractivity contribution in [3.05, 3.63) is 113 Å². The average molecular weight is 528 g/mol. The number of hydrogen-bond acceptors (Lipinski definition) is 6. The molecule has 4 aromatic rings. The monoisotopic (exact) mass is 527 g/mol. The molecule has 0 radical (unpaired) electrons. The second-order valence-electron chi connectivity index (χ2n) is 8.87. The summed E-state index contributed by atoms with van der Waals surface area (Å²) in [6, 6.07) is 26.8. The number of carbonyl (C=O) groups excluding carboxylic acids is 1. The molecule has 1 atom stereocenters. The van der Waals surface area contributed by atoms with Crippen molar-refractivity contribution in [3.8, 4) is 5.75 Å². The molecule has 1 aliphatic heterocycles. The van der Waals surface area contributed by atoms with Gasteiger partial charge in [-0.15, -0.1) is 0 Å². The molecular weight excluding hydrogens is 498 g/mol. The van der Waals surface area contributed by atoms with Crippen LogP contribution in [0.15, 0.2) is 91.1 Å². The predicted octanol–water partition coefficient (Wildman–Crippen LogP) is 7.19. The number of carbonyl (C=O) groups is 1. The highest BCUT2D eigenvalue weighted by Crippen LogP contribution is 2.52. The molecule has 0 fully saturated rings. The molecule has 0 saturated heterocycles. The van der Waals surface area contributed by atoms with Crippen molar-refractivity contribution >= 4 is 34.6 Å². The minimum Gasteiger partial charge on any atom is -0.493 e. The van der Waals surface area contributed by atoms with Gasteiger partial charge >= 0.3 is 5.97 Å². The van der Waals surface area contributed by atoms with Crippen LogP contribution in [-0.2, 0) is 10.5 Å². The number of fused-ring (bicyclic) bond motifs is 1. The molecule has 0 aliphatic carbocycles. The summed E-state index contributed by atoms with van der Waals surface area (Å²) < 4.78 is 12.7. The highest BCUT2D eigenvalue weighted by molar-refractivity contribution is 6.30. The third kappa shape index (κ3) is 4.35. The maximum Gasteiger partial charge on any atom is 0.342 e. The summed E-state index contributed by atoms with van der Waals surface area (Å²) in [6.07, 6.45) is 1.68. The fraction of sp³-hybridized carbons (Fsp3) is 0.226. The molecule has 0 amide bonds. The van der Waals surface area contributed by atoms with Gasteiger partial charge in [0.05, 0.1) is 17.7 Å². The van der Waals surface area contributed by atoms with Gasteiger partial charge in [-0.1, -0.05) is 35.9 Å². The summed E-state index contributed by atoms with van der Waals surface area (Å²) >= 11 is 6.49. The van der Waals surface area contributed by atoms with Gasteiger partial charge in [-0.3, -0.25) is 9.88 Å². The van der Waals surface area contributed by atoms with Crippen molar-refractivity contribution in [3.63, 3.8) is 0 Å². The van der Waals surface area contributed by atoms with Crippen LogP contribution in [0.25, 0.3) is 0 Å². The van der Waals surface area contributed by atoms with E-state index in [4.69, 9.17) is 26.1 Å². The van der Waals surface area contributed by atoms with E-state index in [1.807, 2.05) is 84.6 Å². The number of hydrogen-bond donors (Lipinski definition) is 0. The van der Waals surface area contributed by atoms with Crippen molar-refractivity contribution in [1.82, 2.24) is 4.98 Å². The molecule has 1 unspecified atom stereocenters. The van der Waals surface area contributed by atoms with Crippen molar-refractivity contribution < 1.29 is 14.3 Å². The summed E-state index contributed by atoms with van der Waals surface area (Å²) in [7, 11) is 0. The number of halogens is 1. The topological polar surface area (TPSA) is 54.9 Å². The zero-order valence-corrected chi connectivity index (χ0v) is 22.5. The van der Waals surface area contributed by atoms with E-state index in [1.165, 1.54) is 0 Å². The molecule has 1 aromatic heterocycles. The Morgan fingerprint density at radius 2 is 1.63 bits per heavy atom. The molecule has 3 aromatic carbocycles. The zero-order chi connectivity index (χ0) is 26.7. The van der Waals surface area contributed by atoms with Crippen LogP contribution in [-0.4, -0.2) is 30.6 Å². The van der Waals surface area contributed by atoms with Gasteiger partial charge < -0.3 is 14.4 Å². The number of pyridine rings is 1. The number of benzene rings is 3. The van der Waals surface area contributed by atoms with Crippen molar-refractivity contribution in [2.24, 2.45) is 0 Å². The number of rotatable bonds is 9. The maximum absolute atomic E-state index is 13.5. The van der Waals surface area contributed by atoms with E-state index >= 15 is 0 Å². The normalized spacial score (nSPS) is 16.1. The largest absolute Gasteiger partial charge is 0.493 e. The molecule has 0 saturated carbocycles. The van der Waals surface area contributed by atoms with Crippen LogP contribution >= 0.6 is 11.6 Å². The molecule has 194 valence electrons. The third-order valence-electron chi connectivity index (χ3n) is 6.74. The standard InChI is InChI=1S/C31H30ClN3O3/c1-4-34(5-2)24-17-18-27(28(21-24)37-6-3)31(29-26(30(36)38-31)16-11-19-33-29)35(23-13-8-7-9-14-23)25-15-10-12-22(32)20-25/h7-21H,4-6H2,1-3H3. The first-order valence-electron chi connectivity index (χ1n) is 12.8. The van der Waals surface area contributed by atoms with E-state index in [1.54, 1.807) is 18.3 Å². The van der Waals surface area contributed by atoms with Crippen LogP contribution < -0.4 is 14.5 Å². The summed E-state index contributed by atoms with van der Waals surface area (Å²) in [4.78, 5) is 22.4. The lowest BCUT2D eigenvalue weighted by atomic mass is 9.92. The second-order valence-corrected chi connectivity index (χ2v) is 9.31. The predicted molar refractivity (Wildman–Crippen MR) is 152 cm³/mol. The Balaban J connectivity index is 1.87. The fourth-order valence-electron chi connectivity index (χ4n) is 5.09. The molecule has 1 aliphatic rings. The third-order valence-corrected chi connectivity index (χ3v) is 6.98. The van der Waals surface area contributed by atoms with Crippen LogP contribution in [0.5, 0.6) is 5.75 Å². The van der Waals surface area contributed by atoms with Gasteiger partial charge in [0.25, 0.3) is 5.72 Å².